The Bertz CT molecular complexity index is 1160. The minimum Gasteiger partial charge on any atom is -0.448 e. The van der Waals surface area contributed by atoms with E-state index in [0.717, 1.165) is 16.9 Å². The van der Waals surface area contributed by atoms with E-state index in [0.29, 0.717) is 25.3 Å². The normalized spacial score (nSPS) is 12.0. The van der Waals surface area contributed by atoms with E-state index in [1.165, 1.54) is 11.8 Å². The van der Waals surface area contributed by atoms with Gasteiger partial charge in [0.1, 0.15) is 20.4 Å². The third kappa shape index (κ3) is 4.14. The lowest BCUT2D eigenvalue weighted by Gasteiger charge is -2.19. The number of pyridine rings is 1. The maximum Gasteiger partial charge on any atom is 0.207 e. The summed E-state index contributed by atoms with van der Waals surface area (Å²) in [7, 11) is 0. The first-order valence-electron chi connectivity index (χ1n) is 8.58. The summed E-state index contributed by atoms with van der Waals surface area (Å²) in [6, 6.07) is 9.02. The fourth-order valence-electron chi connectivity index (χ4n) is 2.93. The number of nitrogens with zero attached hydrogens (tertiary/aromatic N) is 2. The summed E-state index contributed by atoms with van der Waals surface area (Å²) in [5, 5.41) is 14.1. The van der Waals surface area contributed by atoms with Gasteiger partial charge in [0.05, 0.1) is 17.1 Å². The van der Waals surface area contributed by atoms with Gasteiger partial charge in [-0.2, -0.15) is 5.26 Å². The number of benzene rings is 1. The van der Waals surface area contributed by atoms with Gasteiger partial charge in [0.2, 0.25) is 5.43 Å². The van der Waals surface area contributed by atoms with Crippen LogP contribution < -0.4 is 10.7 Å². The van der Waals surface area contributed by atoms with Gasteiger partial charge in [-0.05, 0) is 66.0 Å². The van der Waals surface area contributed by atoms with E-state index < -0.39 is 0 Å². The second-order valence-corrected chi connectivity index (χ2v) is 8.91. The van der Waals surface area contributed by atoms with Crippen molar-refractivity contribution >= 4 is 62.6 Å². The number of anilines is 1. The molecular weight excluding hydrogens is 509 g/mol. The van der Waals surface area contributed by atoms with E-state index in [2.05, 4.69) is 10.3 Å². The van der Waals surface area contributed by atoms with Gasteiger partial charge in [0.15, 0.2) is 10.8 Å². The molecule has 0 aliphatic rings. The molecule has 0 aliphatic carbocycles. The van der Waals surface area contributed by atoms with E-state index in [-0.39, 0.29) is 22.3 Å². The van der Waals surface area contributed by atoms with Crippen molar-refractivity contribution in [1.82, 2.24) is 4.98 Å². The van der Waals surface area contributed by atoms with Gasteiger partial charge in [-0.25, -0.2) is 4.98 Å². The predicted molar refractivity (Wildman–Crippen MR) is 122 cm³/mol. The quantitative estimate of drug-likeness (QED) is 0.253. The average Bonchev–Trinajstić information content (AvgIpc) is 2.67. The SMILES string of the molecule is CCSc1oc2c(C(C)Nc3ccc(Cl)nc3C#N)cc(C)cc2c(=O)c1I. The summed E-state index contributed by atoms with van der Waals surface area (Å²) in [5.74, 6) is 0.807. The largest absolute Gasteiger partial charge is 0.448 e. The van der Waals surface area contributed by atoms with Crippen LogP contribution in [-0.2, 0) is 0 Å². The molecule has 0 aliphatic heterocycles. The van der Waals surface area contributed by atoms with E-state index in [4.69, 9.17) is 16.0 Å². The Labute approximate surface area is 185 Å². The van der Waals surface area contributed by atoms with Crippen LogP contribution in [0, 0.1) is 21.8 Å². The monoisotopic (exact) mass is 525 g/mol. The van der Waals surface area contributed by atoms with Gasteiger partial charge < -0.3 is 9.73 Å². The Morgan fingerprint density at radius 3 is 2.86 bits per heavy atom. The van der Waals surface area contributed by atoms with Crippen LogP contribution in [-0.4, -0.2) is 10.7 Å². The lowest BCUT2D eigenvalue weighted by molar-refractivity contribution is 0.488. The molecular formula is C20H17ClIN3O2S. The number of hydrogen-bond acceptors (Lipinski definition) is 6. The lowest BCUT2D eigenvalue weighted by atomic mass is 10.0. The van der Waals surface area contributed by atoms with Crippen LogP contribution in [0.5, 0.6) is 0 Å². The van der Waals surface area contributed by atoms with E-state index in [9.17, 15) is 10.1 Å². The number of aryl methyl sites for hydroxylation is 1. The van der Waals surface area contributed by atoms with E-state index >= 15 is 0 Å². The Kier molecular flexibility index (Phi) is 6.53. The topological polar surface area (TPSA) is 78.9 Å². The molecule has 0 saturated carbocycles. The predicted octanol–water partition coefficient (Wildman–Crippen LogP) is 5.91. The minimum absolute atomic E-state index is 0.0270. The van der Waals surface area contributed by atoms with Crippen LogP contribution in [0.15, 0.2) is 38.6 Å². The molecule has 0 spiro atoms. The van der Waals surface area contributed by atoms with Crippen molar-refractivity contribution in [2.75, 3.05) is 11.1 Å². The second kappa shape index (κ2) is 8.72. The Hall–Kier alpha value is -1.76. The van der Waals surface area contributed by atoms with Crippen LogP contribution >= 0.6 is 46.0 Å². The fraction of sp³-hybridized carbons (Fsp3) is 0.250. The molecule has 1 N–H and O–H groups in total. The summed E-state index contributed by atoms with van der Waals surface area (Å²) >= 11 is 9.44. The summed E-state index contributed by atoms with van der Waals surface area (Å²) < 4.78 is 6.75. The summed E-state index contributed by atoms with van der Waals surface area (Å²) in [6.45, 7) is 5.91. The molecule has 0 amide bonds. The third-order valence-corrected chi connectivity index (χ3v) is 6.56. The van der Waals surface area contributed by atoms with Gasteiger partial charge in [-0.1, -0.05) is 36.4 Å². The molecule has 1 atom stereocenters. The summed E-state index contributed by atoms with van der Waals surface area (Å²) in [5.41, 5.74) is 3.14. The van der Waals surface area contributed by atoms with Crippen LogP contribution in [0.1, 0.15) is 36.7 Å². The molecule has 5 nitrogen and oxygen atoms in total. The number of aromatic nitrogens is 1. The zero-order chi connectivity index (χ0) is 20.4. The number of nitrogens with one attached hydrogen (secondary N) is 1. The molecule has 1 unspecified atom stereocenters. The molecule has 0 saturated heterocycles. The average molecular weight is 526 g/mol. The smallest absolute Gasteiger partial charge is 0.207 e. The van der Waals surface area contributed by atoms with Gasteiger partial charge in [-0.3, -0.25) is 4.79 Å². The third-order valence-electron chi connectivity index (χ3n) is 4.16. The number of nitriles is 1. The van der Waals surface area contributed by atoms with Gasteiger partial charge in [0, 0.05) is 5.56 Å². The highest BCUT2D eigenvalue weighted by Gasteiger charge is 2.19. The van der Waals surface area contributed by atoms with Crippen molar-refractivity contribution in [2.45, 2.75) is 31.9 Å². The van der Waals surface area contributed by atoms with E-state index in [1.54, 1.807) is 12.1 Å². The molecule has 8 heteroatoms. The first kappa shape index (κ1) is 21.0. The van der Waals surface area contributed by atoms with Crippen LogP contribution in [0.2, 0.25) is 5.15 Å². The fourth-order valence-corrected chi connectivity index (χ4v) is 4.56. The second-order valence-electron chi connectivity index (χ2n) is 6.20. The zero-order valence-electron chi connectivity index (χ0n) is 15.5. The van der Waals surface area contributed by atoms with Crippen molar-refractivity contribution in [1.29, 1.82) is 5.26 Å². The van der Waals surface area contributed by atoms with Gasteiger partial charge in [0.25, 0.3) is 0 Å². The Balaban J connectivity index is 2.14. The maximum atomic E-state index is 12.9. The molecule has 0 radical (unpaired) electrons. The highest BCUT2D eigenvalue weighted by atomic mass is 127. The van der Waals surface area contributed by atoms with Crippen molar-refractivity contribution < 1.29 is 4.42 Å². The number of halogens is 2. The molecule has 2 aromatic heterocycles. The number of fused-ring (bicyclic) bond motifs is 1. The van der Waals surface area contributed by atoms with Gasteiger partial charge >= 0.3 is 0 Å². The summed E-state index contributed by atoms with van der Waals surface area (Å²) in [4.78, 5) is 16.9. The van der Waals surface area contributed by atoms with Crippen LogP contribution in [0.25, 0.3) is 11.0 Å². The molecule has 0 bridgehead atoms. The van der Waals surface area contributed by atoms with Crippen LogP contribution in [0.4, 0.5) is 5.69 Å². The highest BCUT2D eigenvalue weighted by Crippen LogP contribution is 2.32. The van der Waals surface area contributed by atoms with Crippen molar-refractivity contribution in [3.8, 4) is 6.07 Å². The van der Waals surface area contributed by atoms with Crippen molar-refractivity contribution in [2.24, 2.45) is 0 Å². The van der Waals surface area contributed by atoms with Crippen molar-refractivity contribution in [3.05, 3.63) is 60.0 Å². The van der Waals surface area contributed by atoms with E-state index in [1.807, 2.05) is 61.6 Å². The summed E-state index contributed by atoms with van der Waals surface area (Å²) in [6.07, 6.45) is 0. The maximum absolute atomic E-state index is 12.9. The molecule has 3 rings (SSSR count). The first-order valence-corrected chi connectivity index (χ1v) is 11.0. The van der Waals surface area contributed by atoms with Crippen LogP contribution in [0.3, 0.4) is 0 Å². The molecule has 144 valence electrons. The minimum atomic E-state index is -0.222. The standard InChI is InChI=1S/C20H17ClIN3O2S/c1-4-28-20-17(22)18(26)13-8-10(2)7-12(19(13)27-20)11(3)24-14-5-6-16(21)25-15(14)9-23/h5-8,11,24H,4H2,1-3H3. The number of thioether (sulfide) groups is 1. The molecule has 2 heterocycles. The number of hydrogen-bond donors (Lipinski definition) is 1. The lowest BCUT2D eigenvalue weighted by Crippen LogP contribution is -2.13. The van der Waals surface area contributed by atoms with Crippen molar-refractivity contribution in [3.63, 3.8) is 0 Å². The zero-order valence-corrected chi connectivity index (χ0v) is 19.2. The first-order chi connectivity index (χ1) is 13.3. The Morgan fingerprint density at radius 2 is 2.18 bits per heavy atom. The van der Waals surface area contributed by atoms with Gasteiger partial charge in [-0.15, -0.1) is 0 Å². The Morgan fingerprint density at radius 1 is 1.43 bits per heavy atom. The highest BCUT2D eigenvalue weighted by molar-refractivity contribution is 14.1. The molecule has 1 aromatic carbocycles. The number of rotatable bonds is 5. The molecule has 0 fully saturated rings. The molecule has 3 aromatic rings. The molecule has 28 heavy (non-hydrogen) atoms.